The molecule has 1 aromatic rings. The lowest BCUT2D eigenvalue weighted by molar-refractivity contribution is -0.128. The number of aromatic nitrogens is 2. The van der Waals surface area contributed by atoms with E-state index in [0.717, 1.165) is 44.1 Å². The van der Waals surface area contributed by atoms with E-state index in [-0.39, 0.29) is 5.91 Å². The summed E-state index contributed by atoms with van der Waals surface area (Å²) in [5.74, 6) is 0.915. The Balaban J connectivity index is 2.03. The maximum atomic E-state index is 11.3. The third-order valence-electron chi connectivity index (χ3n) is 2.99. The number of nitrogens with zero attached hydrogens (tertiary/aromatic N) is 4. The second kappa shape index (κ2) is 5.12. The Kier molecular flexibility index (Phi) is 3.56. The van der Waals surface area contributed by atoms with Crippen LogP contribution in [0, 0.1) is 6.92 Å². The van der Waals surface area contributed by atoms with Crippen molar-refractivity contribution >= 4 is 11.9 Å². The first-order chi connectivity index (χ1) is 8.16. The van der Waals surface area contributed by atoms with Crippen LogP contribution < -0.4 is 4.90 Å². The average molecular weight is 234 g/mol. The molecule has 0 spiro atoms. The Morgan fingerprint density at radius 1 is 1.18 bits per heavy atom. The van der Waals surface area contributed by atoms with Gasteiger partial charge in [0.05, 0.1) is 0 Å². The van der Waals surface area contributed by atoms with Crippen molar-refractivity contribution in [2.24, 2.45) is 0 Å². The Labute approximate surface area is 101 Å². The lowest BCUT2D eigenvalue weighted by Crippen LogP contribution is -2.34. The van der Waals surface area contributed by atoms with Gasteiger partial charge in [-0.15, -0.1) is 0 Å². The van der Waals surface area contributed by atoms with Gasteiger partial charge in [-0.1, -0.05) is 0 Å². The second-order valence-electron chi connectivity index (χ2n) is 4.41. The van der Waals surface area contributed by atoms with E-state index in [9.17, 15) is 4.79 Å². The molecule has 0 bridgehead atoms. The van der Waals surface area contributed by atoms with Crippen LogP contribution in [0.4, 0.5) is 5.95 Å². The van der Waals surface area contributed by atoms with E-state index in [4.69, 9.17) is 0 Å². The fourth-order valence-corrected chi connectivity index (χ4v) is 1.98. The van der Waals surface area contributed by atoms with Crippen molar-refractivity contribution in [2.75, 3.05) is 31.1 Å². The molecule has 2 heterocycles. The zero-order valence-corrected chi connectivity index (χ0v) is 10.4. The van der Waals surface area contributed by atoms with E-state index in [0.29, 0.717) is 0 Å². The number of rotatable bonds is 1. The van der Waals surface area contributed by atoms with Gasteiger partial charge in [-0.05, 0) is 18.9 Å². The zero-order chi connectivity index (χ0) is 12.3. The van der Waals surface area contributed by atoms with Crippen LogP contribution in [0.3, 0.4) is 0 Å². The van der Waals surface area contributed by atoms with E-state index < -0.39 is 0 Å². The second-order valence-corrected chi connectivity index (χ2v) is 4.41. The summed E-state index contributed by atoms with van der Waals surface area (Å²) in [4.78, 5) is 24.0. The molecule has 1 aliphatic heterocycles. The molecule has 1 fully saturated rings. The first kappa shape index (κ1) is 11.8. The largest absolute Gasteiger partial charge is 0.341 e. The van der Waals surface area contributed by atoms with Crippen molar-refractivity contribution in [2.45, 2.75) is 20.3 Å². The third-order valence-corrected chi connectivity index (χ3v) is 2.99. The van der Waals surface area contributed by atoms with Crippen molar-refractivity contribution in [3.8, 4) is 0 Å². The fourth-order valence-electron chi connectivity index (χ4n) is 1.98. The molecule has 1 aromatic heterocycles. The summed E-state index contributed by atoms with van der Waals surface area (Å²) >= 11 is 0. The van der Waals surface area contributed by atoms with Gasteiger partial charge in [-0.3, -0.25) is 4.79 Å². The van der Waals surface area contributed by atoms with Crippen LogP contribution in [0.5, 0.6) is 0 Å². The molecule has 0 atom stereocenters. The number of hydrogen-bond donors (Lipinski definition) is 0. The predicted molar refractivity (Wildman–Crippen MR) is 65.9 cm³/mol. The van der Waals surface area contributed by atoms with Crippen LogP contribution in [0.1, 0.15) is 18.9 Å². The number of carbonyl (C=O) groups is 1. The first-order valence-corrected chi connectivity index (χ1v) is 5.96. The molecule has 5 nitrogen and oxygen atoms in total. The molecular formula is C12H18N4O. The number of aryl methyl sites for hydroxylation is 1. The predicted octanol–water partition coefficient (Wildman–Crippen LogP) is 0.844. The molecule has 2 rings (SSSR count). The summed E-state index contributed by atoms with van der Waals surface area (Å²) in [5.41, 5.74) is 1.06. The summed E-state index contributed by atoms with van der Waals surface area (Å²) in [6.45, 7) is 6.90. The minimum atomic E-state index is 0.150. The molecule has 92 valence electrons. The fraction of sp³-hybridized carbons (Fsp3) is 0.583. The molecule has 0 N–H and O–H groups in total. The van der Waals surface area contributed by atoms with Crippen LogP contribution in [0.15, 0.2) is 12.4 Å². The van der Waals surface area contributed by atoms with Crippen LogP contribution in [0.2, 0.25) is 0 Å². The summed E-state index contributed by atoms with van der Waals surface area (Å²) in [5, 5.41) is 0. The summed E-state index contributed by atoms with van der Waals surface area (Å²) in [7, 11) is 0. The van der Waals surface area contributed by atoms with Crippen molar-refractivity contribution < 1.29 is 4.79 Å². The van der Waals surface area contributed by atoms with E-state index in [1.807, 2.05) is 24.2 Å². The minimum Gasteiger partial charge on any atom is -0.341 e. The van der Waals surface area contributed by atoms with Crippen molar-refractivity contribution in [3.63, 3.8) is 0 Å². The highest BCUT2D eigenvalue weighted by Crippen LogP contribution is 2.11. The molecule has 1 amide bonds. The molecular weight excluding hydrogens is 216 g/mol. The molecule has 0 radical (unpaired) electrons. The summed E-state index contributed by atoms with van der Waals surface area (Å²) < 4.78 is 0. The van der Waals surface area contributed by atoms with Gasteiger partial charge >= 0.3 is 0 Å². The van der Waals surface area contributed by atoms with E-state index >= 15 is 0 Å². The van der Waals surface area contributed by atoms with Crippen LogP contribution in [0.25, 0.3) is 0 Å². The highest BCUT2D eigenvalue weighted by atomic mass is 16.2. The van der Waals surface area contributed by atoms with Gasteiger partial charge < -0.3 is 9.80 Å². The maximum absolute atomic E-state index is 11.3. The number of amides is 1. The molecule has 17 heavy (non-hydrogen) atoms. The molecule has 1 saturated heterocycles. The molecule has 0 unspecified atom stereocenters. The maximum Gasteiger partial charge on any atom is 0.225 e. The number of hydrogen-bond acceptors (Lipinski definition) is 4. The van der Waals surface area contributed by atoms with E-state index in [1.54, 1.807) is 6.92 Å². The van der Waals surface area contributed by atoms with Gasteiger partial charge in [0.1, 0.15) is 0 Å². The summed E-state index contributed by atoms with van der Waals surface area (Å²) in [6, 6.07) is 0. The van der Waals surface area contributed by atoms with Crippen molar-refractivity contribution in [1.82, 2.24) is 14.9 Å². The SMILES string of the molecule is CC(=O)N1CCCN(c2ncc(C)cn2)CC1. The first-order valence-electron chi connectivity index (χ1n) is 5.96. The third kappa shape index (κ3) is 2.93. The quantitative estimate of drug-likeness (QED) is 0.722. The number of anilines is 1. The van der Waals surface area contributed by atoms with E-state index in [1.165, 1.54) is 0 Å². The monoisotopic (exact) mass is 234 g/mol. The van der Waals surface area contributed by atoms with Gasteiger partial charge in [0.2, 0.25) is 11.9 Å². The van der Waals surface area contributed by atoms with Gasteiger partial charge in [-0.25, -0.2) is 9.97 Å². The standard InChI is InChI=1S/C12H18N4O/c1-10-8-13-12(14-9-10)16-5-3-4-15(6-7-16)11(2)17/h8-9H,3-7H2,1-2H3. The Morgan fingerprint density at radius 3 is 2.53 bits per heavy atom. The zero-order valence-electron chi connectivity index (χ0n) is 10.4. The minimum absolute atomic E-state index is 0.150. The molecule has 0 saturated carbocycles. The van der Waals surface area contributed by atoms with Crippen LogP contribution >= 0.6 is 0 Å². The highest BCUT2D eigenvalue weighted by Gasteiger charge is 2.17. The Morgan fingerprint density at radius 2 is 1.88 bits per heavy atom. The summed E-state index contributed by atoms with van der Waals surface area (Å²) in [6.07, 6.45) is 4.63. The highest BCUT2D eigenvalue weighted by molar-refractivity contribution is 5.73. The van der Waals surface area contributed by atoms with Gasteiger partial charge in [0, 0.05) is 45.5 Å². The Hall–Kier alpha value is -1.65. The topological polar surface area (TPSA) is 49.3 Å². The smallest absolute Gasteiger partial charge is 0.225 e. The van der Waals surface area contributed by atoms with Crippen LogP contribution in [-0.2, 0) is 4.79 Å². The number of carbonyl (C=O) groups excluding carboxylic acids is 1. The van der Waals surface area contributed by atoms with Gasteiger partial charge in [0.15, 0.2) is 0 Å². The van der Waals surface area contributed by atoms with E-state index in [2.05, 4.69) is 14.9 Å². The molecule has 1 aliphatic rings. The molecule has 0 aromatic carbocycles. The van der Waals surface area contributed by atoms with Gasteiger partial charge in [0.25, 0.3) is 0 Å². The molecule has 0 aliphatic carbocycles. The Bertz CT molecular complexity index is 390. The van der Waals surface area contributed by atoms with Crippen molar-refractivity contribution in [1.29, 1.82) is 0 Å². The van der Waals surface area contributed by atoms with Gasteiger partial charge in [-0.2, -0.15) is 0 Å². The lowest BCUT2D eigenvalue weighted by atomic mass is 10.4. The van der Waals surface area contributed by atoms with Crippen molar-refractivity contribution in [3.05, 3.63) is 18.0 Å². The van der Waals surface area contributed by atoms with Crippen LogP contribution in [-0.4, -0.2) is 47.0 Å². The molecule has 5 heteroatoms. The lowest BCUT2D eigenvalue weighted by Gasteiger charge is -2.21. The normalized spacial score (nSPS) is 16.8. The average Bonchev–Trinajstić information content (AvgIpc) is 2.55.